The molecule has 7 heteroatoms. The molecule has 0 aliphatic heterocycles. The molecule has 0 aromatic heterocycles. The van der Waals surface area contributed by atoms with Crippen molar-refractivity contribution in [1.82, 2.24) is 10.4 Å². The van der Waals surface area contributed by atoms with Crippen LogP contribution in [0.1, 0.15) is 31.9 Å². The van der Waals surface area contributed by atoms with Gasteiger partial charge in [0.25, 0.3) is 5.91 Å². The Morgan fingerprint density at radius 1 is 1.21 bits per heavy atom. The quantitative estimate of drug-likeness (QED) is 0.769. The van der Waals surface area contributed by atoms with Crippen LogP contribution in [0.15, 0.2) is 24.3 Å². The number of likely N-dealkylation sites (N-methyl/N-ethyl adjacent to an activating group) is 1. The molecule has 0 spiro atoms. The molecule has 0 saturated carbocycles. The van der Waals surface area contributed by atoms with Crippen LogP contribution in [-0.2, 0) is 27.3 Å². The summed E-state index contributed by atoms with van der Waals surface area (Å²) >= 11 is 0. The maximum absolute atomic E-state index is 12.4. The van der Waals surface area contributed by atoms with Crippen LogP contribution in [0.2, 0.25) is 0 Å². The molecule has 7 nitrogen and oxygen atoms in total. The number of hydrogen-bond donors (Lipinski definition) is 2. The Morgan fingerprint density at radius 2 is 1.75 bits per heavy atom. The number of nitrogens with zero attached hydrogens (tertiary/aromatic N) is 1. The van der Waals surface area contributed by atoms with E-state index in [9.17, 15) is 9.59 Å². The Morgan fingerprint density at radius 3 is 2.21 bits per heavy atom. The van der Waals surface area contributed by atoms with Gasteiger partial charge in [-0.15, -0.1) is 0 Å². The lowest BCUT2D eigenvalue weighted by molar-refractivity contribution is -0.171. The average Bonchev–Trinajstić information content (AvgIpc) is 2.51. The number of rotatable bonds is 6. The fourth-order valence-electron chi connectivity index (χ4n) is 2.01. The first-order chi connectivity index (χ1) is 11.2. The van der Waals surface area contributed by atoms with Crippen LogP contribution in [0, 0.1) is 0 Å². The first kappa shape index (κ1) is 19.9. The Labute approximate surface area is 143 Å². The molecule has 0 radical (unpaired) electrons. The molecule has 134 valence electrons. The highest BCUT2D eigenvalue weighted by atomic mass is 16.7. The molecule has 0 aliphatic carbocycles. The van der Waals surface area contributed by atoms with Crippen LogP contribution >= 0.6 is 0 Å². The van der Waals surface area contributed by atoms with E-state index in [2.05, 4.69) is 5.32 Å². The number of hydrogen-bond acceptors (Lipinski definition) is 5. The molecule has 0 unspecified atom stereocenters. The molecule has 24 heavy (non-hydrogen) atoms. The first-order valence-electron chi connectivity index (χ1n) is 7.75. The van der Waals surface area contributed by atoms with Gasteiger partial charge < -0.3 is 15.8 Å². The maximum atomic E-state index is 12.4. The summed E-state index contributed by atoms with van der Waals surface area (Å²) in [6.07, 6.45) is -0.333. The zero-order valence-electron chi connectivity index (χ0n) is 15.0. The van der Waals surface area contributed by atoms with Gasteiger partial charge in [0.2, 0.25) is 0 Å². The van der Waals surface area contributed by atoms with Gasteiger partial charge in [-0.05, 0) is 31.9 Å². The standard InChI is InChI=1S/C17H27N3O4/c1-17(2,3)24-16(22)19-14(15(21)20(4)23-5)10-12-6-8-13(11-18)9-7-12/h6-9,14H,10-11,18H2,1-5H3,(H,19,22)/t14-/m0/s1. The van der Waals surface area contributed by atoms with Crippen LogP contribution in [0.25, 0.3) is 0 Å². The summed E-state index contributed by atoms with van der Waals surface area (Å²) < 4.78 is 5.23. The number of carbonyl (C=O) groups is 2. The van der Waals surface area contributed by atoms with E-state index in [1.165, 1.54) is 14.2 Å². The number of nitrogens with two attached hydrogens (primary N) is 1. The fourth-order valence-corrected chi connectivity index (χ4v) is 2.01. The summed E-state index contributed by atoms with van der Waals surface area (Å²) in [6.45, 7) is 5.73. The van der Waals surface area contributed by atoms with Crippen LogP contribution < -0.4 is 11.1 Å². The lowest BCUT2D eigenvalue weighted by Crippen LogP contribution is -2.49. The molecular weight excluding hydrogens is 310 g/mol. The third kappa shape index (κ3) is 6.55. The smallest absolute Gasteiger partial charge is 0.408 e. The van der Waals surface area contributed by atoms with Gasteiger partial charge >= 0.3 is 6.09 Å². The SMILES string of the molecule is CON(C)C(=O)[C@H](Cc1ccc(CN)cc1)NC(=O)OC(C)(C)C. The van der Waals surface area contributed by atoms with Gasteiger partial charge in [0.05, 0.1) is 7.11 Å². The van der Waals surface area contributed by atoms with E-state index in [1.807, 2.05) is 24.3 Å². The molecule has 0 saturated heterocycles. The second kappa shape index (κ2) is 8.65. The molecule has 1 aromatic rings. The van der Waals surface area contributed by atoms with Crippen molar-refractivity contribution < 1.29 is 19.2 Å². The first-order valence-corrected chi connectivity index (χ1v) is 7.75. The molecule has 3 N–H and O–H groups in total. The van der Waals surface area contributed by atoms with Crippen LogP contribution in [0.3, 0.4) is 0 Å². The minimum absolute atomic E-state index is 0.316. The molecule has 1 rings (SSSR count). The van der Waals surface area contributed by atoms with Crippen LogP contribution in [0.5, 0.6) is 0 Å². The summed E-state index contributed by atoms with van der Waals surface area (Å²) in [5.74, 6) is -0.369. The number of amides is 2. The Hall–Kier alpha value is -2.12. The molecule has 2 amide bonds. The van der Waals surface area contributed by atoms with Gasteiger partial charge in [-0.2, -0.15) is 0 Å². The molecule has 0 heterocycles. The van der Waals surface area contributed by atoms with E-state index in [-0.39, 0.29) is 5.91 Å². The highest BCUT2D eigenvalue weighted by Gasteiger charge is 2.27. The number of hydroxylamine groups is 2. The molecule has 0 aliphatic rings. The number of nitrogens with one attached hydrogen (secondary N) is 1. The molecule has 0 bridgehead atoms. The zero-order chi connectivity index (χ0) is 18.3. The summed E-state index contributed by atoms with van der Waals surface area (Å²) in [4.78, 5) is 29.4. The Balaban J connectivity index is 2.87. The predicted octanol–water partition coefficient (Wildman–Crippen LogP) is 1.60. The Bertz CT molecular complexity index is 552. The van der Waals surface area contributed by atoms with Gasteiger partial charge in [0.15, 0.2) is 0 Å². The predicted molar refractivity (Wildman–Crippen MR) is 91.0 cm³/mol. The minimum atomic E-state index is -0.798. The molecular formula is C17H27N3O4. The van der Waals surface area contributed by atoms with E-state index in [0.717, 1.165) is 16.2 Å². The monoisotopic (exact) mass is 337 g/mol. The second-order valence-corrected chi connectivity index (χ2v) is 6.44. The van der Waals surface area contributed by atoms with Crippen molar-refractivity contribution in [2.75, 3.05) is 14.2 Å². The fraction of sp³-hybridized carbons (Fsp3) is 0.529. The normalized spacial score (nSPS) is 12.4. The van der Waals surface area contributed by atoms with Crippen molar-refractivity contribution in [2.45, 2.75) is 45.4 Å². The lowest BCUT2D eigenvalue weighted by atomic mass is 10.0. The number of benzene rings is 1. The number of ether oxygens (including phenoxy) is 1. The third-order valence-corrected chi connectivity index (χ3v) is 3.27. The molecule has 1 aromatic carbocycles. The summed E-state index contributed by atoms with van der Waals surface area (Å²) in [7, 11) is 2.88. The third-order valence-electron chi connectivity index (χ3n) is 3.27. The van der Waals surface area contributed by atoms with E-state index in [0.29, 0.717) is 13.0 Å². The Kier molecular flexibility index (Phi) is 7.18. The van der Waals surface area contributed by atoms with Crippen molar-refractivity contribution in [3.8, 4) is 0 Å². The van der Waals surface area contributed by atoms with E-state index >= 15 is 0 Å². The van der Waals surface area contributed by atoms with Gasteiger partial charge in [0.1, 0.15) is 11.6 Å². The van der Waals surface area contributed by atoms with Gasteiger partial charge in [-0.25, -0.2) is 9.86 Å². The highest BCUT2D eigenvalue weighted by Crippen LogP contribution is 2.11. The van der Waals surface area contributed by atoms with Crippen molar-refractivity contribution in [2.24, 2.45) is 5.73 Å². The maximum Gasteiger partial charge on any atom is 0.408 e. The number of alkyl carbamates (subject to hydrolysis) is 1. The van der Waals surface area contributed by atoms with Crippen molar-refractivity contribution >= 4 is 12.0 Å². The van der Waals surface area contributed by atoms with E-state index < -0.39 is 17.7 Å². The minimum Gasteiger partial charge on any atom is -0.444 e. The zero-order valence-corrected chi connectivity index (χ0v) is 15.0. The van der Waals surface area contributed by atoms with Gasteiger partial charge in [0, 0.05) is 20.0 Å². The van der Waals surface area contributed by atoms with Crippen molar-refractivity contribution in [3.05, 3.63) is 35.4 Å². The van der Waals surface area contributed by atoms with Gasteiger partial charge in [-0.1, -0.05) is 24.3 Å². The lowest BCUT2D eigenvalue weighted by Gasteiger charge is -2.25. The van der Waals surface area contributed by atoms with E-state index in [1.54, 1.807) is 20.8 Å². The van der Waals surface area contributed by atoms with Crippen molar-refractivity contribution in [1.29, 1.82) is 0 Å². The summed E-state index contributed by atoms with van der Waals surface area (Å²) in [5.41, 5.74) is 6.83. The molecule has 1 atom stereocenters. The van der Waals surface area contributed by atoms with Gasteiger partial charge in [-0.3, -0.25) is 9.63 Å². The summed E-state index contributed by atoms with van der Waals surface area (Å²) in [5, 5.41) is 3.69. The average molecular weight is 337 g/mol. The van der Waals surface area contributed by atoms with E-state index in [4.69, 9.17) is 15.3 Å². The second-order valence-electron chi connectivity index (χ2n) is 6.44. The largest absolute Gasteiger partial charge is 0.444 e. The summed E-state index contributed by atoms with van der Waals surface area (Å²) in [6, 6.07) is 6.75. The van der Waals surface area contributed by atoms with Crippen LogP contribution in [0.4, 0.5) is 4.79 Å². The molecule has 0 fully saturated rings. The van der Waals surface area contributed by atoms with Crippen LogP contribution in [-0.4, -0.2) is 42.9 Å². The highest BCUT2D eigenvalue weighted by molar-refractivity contribution is 5.85. The number of carbonyl (C=O) groups excluding carboxylic acids is 2. The van der Waals surface area contributed by atoms with Crippen molar-refractivity contribution in [3.63, 3.8) is 0 Å². The topological polar surface area (TPSA) is 93.9 Å².